The number of carbonyl (C=O) groups excluding carboxylic acids is 1. The molecule has 6 heteroatoms. The van der Waals surface area contributed by atoms with Gasteiger partial charge in [0, 0.05) is 30.7 Å². The zero-order chi connectivity index (χ0) is 15.4. The number of nitrogens with zero attached hydrogens (tertiary/aromatic N) is 4. The molecular formula is C16H15N5O. The van der Waals surface area contributed by atoms with Crippen LogP contribution in [0.15, 0.2) is 54.9 Å². The van der Waals surface area contributed by atoms with E-state index in [0.29, 0.717) is 11.5 Å². The van der Waals surface area contributed by atoms with E-state index in [1.165, 1.54) is 0 Å². The van der Waals surface area contributed by atoms with Crippen LogP contribution in [0.2, 0.25) is 0 Å². The molecule has 1 aromatic carbocycles. The monoisotopic (exact) mass is 293 g/mol. The van der Waals surface area contributed by atoms with Crippen molar-refractivity contribution in [2.45, 2.75) is 6.42 Å². The van der Waals surface area contributed by atoms with Crippen LogP contribution in [-0.2, 0) is 18.3 Å². The van der Waals surface area contributed by atoms with Gasteiger partial charge in [-0.1, -0.05) is 30.3 Å². The van der Waals surface area contributed by atoms with Gasteiger partial charge in [0.1, 0.15) is 5.82 Å². The predicted octanol–water partition coefficient (Wildman–Crippen LogP) is 2.06. The van der Waals surface area contributed by atoms with Crippen LogP contribution in [-0.4, -0.2) is 25.7 Å². The van der Waals surface area contributed by atoms with E-state index < -0.39 is 0 Å². The number of aromatic nitrogens is 4. The normalized spacial score (nSPS) is 10.4. The fraction of sp³-hybridized carbons (Fsp3) is 0.125. The molecule has 3 rings (SSSR count). The first-order chi connectivity index (χ1) is 10.7. The van der Waals surface area contributed by atoms with Crippen molar-refractivity contribution in [3.63, 3.8) is 0 Å². The van der Waals surface area contributed by atoms with Crippen LogP contribution in [0.5, 0.6) is 0 Å². The maximum atomic E-state index is 12.1. The molecule has 0 saturated heterocycles. The highest BCUT2D eigenvalue weighted by molar-refractivity contribution is 5.91. The van der Waals surface area contributed by atoms with E-state index >= 15 is 0 Å². The quantitative estimate of drug-likeness (QED) is 0.799. The zero-order valence-corrected chi connectivity index (χ0v) is 12.1. The Morgan fingerprint density at radius 2 is 1.82 bits per heavy atom. The summed E-state index contributed by atoms with van der Waals surface area (Å²) in [7, 11) is 1.86. The second-order valence-electron chi connectivity index (χ2n) is 4.83. The third kappa shape index (κ3) is 3.01. The molecule has 22 heavy (non-hydrogen) atoms. The summed E-state index contributed by atoms with van der Waals surface area (Å²) >= 11 is 0. The Labute approximate surface area is 127 Å². The molecule has 0 saturated carbocycles. The maximum Gasteiger partial charge on any atom is 0.232 e. The first-order valence-corrected chi connectivity index (χ1v) is 6.87. The van der Waals surface area contributed by atoms with Crippen LogP contribution in [0.25, 0.3) is 11.4 Å². The molecular weight excluding hydrogens is 278 g/mol. The number of nitrogens with one attached hydrogen (secondary N) is 1. The first-order valence-electron chi connectivity index (χ1n) is 6.87. The molecule has 0 spiro atoms. The standard InChI is InChI=1S/C16H15N5O/c1-21-14(11-15(22)18-13-7-9-17-10-8-13)19-20-16(21)12-5-3-2-4-6-12/h2-10H,11H2,1H3,(H,17,18,22). The van der Waals surface area contributed by atoms with Gasteiger partial charge >= 0.3 is 0 Å². The molecule has 0 aliphatic heterocycles. The molecule has 0 radical (unpaired) electrons. The number of pyridine rings is 1. The smallest absolute Gasteiger partial charge is 0.232 e. The lowest BCUT2D eigenvalue weighted by Crippen LogP contribution is -2.17. The van der Waals surface area contributed by atoms with Crippen LogP contribution in [0.1, 0.15) is 5.82 Å². The molecule has 0 fully saturated rings. The molecule has 6 nitrogen and oxygen atoms in total. The lowest BCUT2D eigenvalue weighted by atomic mass is 10.2. The molecule has 1 amide bonds. The fourth-order valence-corrected chi connectivity index (χ4v) is 2.14. The van der Waals surface area contributed by atoms with Crippen molar-refractivity contribution in [2.75, 3.05) is 5.32 Å². The summed E-state index contributed by atoms with van der Waals surface area (Å²) in [5, 5.41) is 11.1. The Bertz CT molecular complexity index is 768. The molecule has 0 unspecified atom stereocenters. The van der Waals surface area contributed by atoms with Gasteiger partial charge in [-0.25, -0.2) is 0 Å². The molecule has 110 valence electrons. The summed E-state index contributed by atoms with van der Waals surface area (Å²) < 4.78 is 1.83. The van der Waals surface area contributed by atoms with Crippen molar-refractivity contribution < 1.29 is 4.79 Å². The van der Waals surface area contributed by atoms with Gasteiger partial charge < -0.3 is 9.88 Å². The maximum absolute atomic E-state index is 12.1. The van der Waals surface area contributed by atoms with E-state index in [0.717, 1.165) is 11.4 Å². The Kier molecular flexibility index (Phi) is 3.91. The minimum absolute atomic E-state index is 0.138. The molecule has 0 aliphatic rings. The number of hydrogen-bond acceptors (Lipinski definition) is 4. The van der Waals surface area contributed by atoms with Gasteiger partial charge in [0.15, 0.2) is 5.82 Å². The Hall–Kier alpha value is -3.02. The van der Waals surface area contributed by atoms with E-state index in [4.69, 9.17) is 0 Å². The van der Waals surface area contributed by atoms with Crippen molar-refractivity contribution >= 4 is 11.6 Å². The van der Waals surface area contributed by atoms with E-state index in [9.17, 15) is 4.79 Å². The zero-order valence-electron chi connectivity index (χ0n) is 12.1. The summed E-state index contributed by atoms with van der Waals surface area (Å²) in [4.78, 5) is 16.0. The van der Waals surface area contributed by atoms with Crippen LogP contribution in [0, 0.1) is 0 Å². The molecule has 3 aromatic rings. The number of amides is 1. The molecule has 0 bridgehead atoms. The summed E-state index contributed by atoms with van der Waals surface area (Å²) in [5.41, 5.74) is 1.68. The van der Waals surface area contributed by atoms with Gasteiger partial charge in [-0.15, -0.1) is 10.2 Å². The summed E-state index contributed by atoms with van der Waals surface area (Å²) in [6.07, 6.45) is 3.43. The summed E-state index contributed by atoms with van der Waals surface area (Å²) in [5.74, 6) is 1.22. The number of anilines is 1. The van der Waals surface area contributed by atoms with Crippen molar-refractivity contribution in [1.82, 2.24) is 19.7 Å². The second-order valence-corrected chi connectivity index (χ2v) is 4.83. The van der Waals surface area contributed by atoms with Gasteiger partial charge in [0.05, 0.1) is 6.42 Å². The Morgan fingerprint density at radius 1 is 1.09 bits per heavy atom. The van der Waals surface area contributed by atoms with Gasteiger partial charge in [-0.3, -0.25) is 9.78 Å². The van der Waals surface area contributed by atoms with Crippen molar-refractivity contribution in [3.05, 3.63) is 60.7 Å². The summed E-state index contributed by atoms with van der Waals surface area (Å²) in [6, 6.07) is 13.2. The average molecular weight is 293 g/mol. The lowest BCUT2D eigenvalue weighted by molar-refractivity contribution is -0.115. The Balaban J connectivity index is 1.74. The number of benzene rings is 1. The molecule has 0 atom stereocenters. The molecule has 2 aromatic heterocycles. The highest BCUT2D eigenvalue weighted by Gasteiger charge is 2.13. The van der Waals surface area contributed by atoms with Crippen LogP contribution >= 0.6 is 0 Å². The van der Waals surface area contributed by atoms with Gasteiger partial charge in [-0.05, 0) is 12.1 Å². The van der Waals surface area contributed by atoms with Crippen molar-refractivity contribution in [1.29, 1.82) is 0 Å². The average Bonchev–Trinajstić information content (AvgIpc) is 2.90. The Morgan fingerprint density at radius 3 is 2.55 bits per heavy atom. The second kappa shape index (κ2) is 6.17. The van der Waals surface area contributed by atoms with Crippen LogP contribution < -0.4 is 5.32 Å². The van der Waals surface area contributed by atoms with E-state index in [1.54, 1.807) is 24.5 Å². The van der Waals surface area contributed by atoms with Crippen molar-refractivity contribution in [2.24, 2.45) is 7.05 Å². The van der Waals surface area contributed by atoms with E-state index in [1.807, 2.05) is 41.9 Å². The predicted molar refractivity (Wildman–Crippen MR) is 83.0 cm³/mol. The fourth-order valence-electron chi connectivity index (χ4n) is 2.14. The third-order valence-corrected chi connectivity index (χ3v) is 3.28. The van der Waals surface area contributed by atoms with E-state index in [-0.39, 0.29) is 12.3 Å². The third-order valence-electron chi connectivity index (χ3n) is 3.28. The number of carbonyl (C=O) groups is 1. The van der Waals surface area contributed by atoms with Gasteiger partial charge in [0.25, 0.3) is 0 Å². The first kappa shape index (κ1) is 13.9. The highest BCUT2D eigenvalue weighted by Crippen LogP contribution is 2.16. The van der Waals surface area contributed by atoms with Gasteiger partial charge in [0.2, 0.25) is 5.91 Å². The van der Waals surface area contributed by atoms with Crippen molar-refractivity contribution in [3.8, 4) is 11.4 Å². The minimum Gasteiger partial charge on any atom is -0.326 e. The summed E-state index contributed by atoms with van der Waals surface area (Å²) in [6.45, 7) is 0. The van der Waals surface area contributed by atoms with Crippen LogP contribution in [0.4, 0.5) is 5.69 Å². The topological polar surface area (TPSA) is 72.7 Å². The molecule has 1 N–H and O–H groups in total. The minimum atomic E-state index is -0.138. The highest BCUT2D eigenvalue weighted by atomic mass is 16.1. The van der Waals surface area contributed by atoms with Gasteiger partial charge in [-0.2, -0.15) is 0 Å². The lowest BCUT2D eigenvalue weighted by Gasteiger charge is -2.05. The van der Waals surface area contributed by atoms with Crippen LogP contribution in [0.3, 0.4) is 0 Å². The number of rotatable bonds is 4. The number of hydrogen-bond donors (Lipinski definition) is 1. The SMILES string of the molecule is Cn1c(CC(=O)Nc2ccncc2)nnc1-c1ccccc1. The largest absolute Gasteiger partial charge is 0.326 e. The molecule has 2 heterocycles. The van der Waals surface area contributed by atoms with E-state index in [2.05, 4.69) is 20.5 Å². The molecule has 0 aliphatic carbocycles.